The van der Waals surface area contributed by atoms with Crippen molar-refractivity contribution in [3.63, 3.8) is 0 Å². The average molecular weight is 534 g/mol. The third kappa shape index (κ3) is 8.50. The van der Waals surface area contributed by atoms with Gasteiger partial charge in [0.15, 0.2) is 0 Å². The number of H-pyrrole nitrogens is 1. The molecule has 1 heterocycles. The van der Waals surface area contributed by atoms with Crippen LogP contribution >= 0.6 is 11.8 Å². The molecule has 204 valence electrons. The highest BCUT2D eigenvalue weighted by atomic mass is 32.2. The quantitative estimate of drug-likeness (QED) is 0.215. The van der Waals surface area contributed by atoms with E-state index in [2.05, 4.69) is 20.9 Å². The summed E-state index contributed by atoms with van der Waals surface area (Å²) < 4.78 is 0. The van der Waals surface area contributed by atoms with Gasteiger partial charge in [0, 0.05) is 23.5 Å². The fourth-order valence-corrected chi connectivity index (χ4v) is 4.42. The summed E-state index contributed by atoms with van der Waals surface area (Å²) in [6.45, 7) is 6.95. The Morgan fingerprint density at radius 2 is 1.57 bits per heavy atom. The summed E-state index contributed by atoms with van der Waals surface area (Å²) in [7, 11) is 0. The Labute approximate surface area is 221 Å². The number of thioether (sulfide) groups is 1. The Bertz CT molecular complexity index is 1090. The molecule has 1 aromatic heterocycles. The molecule has 0 bridgehead atoms. The van der Waals surface area contributed by atoms with Gasteiger partial charge in [-0.3, -0.25) is 14.4 Å². The minimum Gasteiger partial charge on any atom is -0.480 e. The number of carbonyl (C=O) groups excluding carboxylic acids is 3. The Morgan fingerprint density at radius 3 is 2.16 bits per heavy atom. The molecular formula is C26H39N5O5S. The minimum atomic E-state index is -1.16. The number of benzene rings is 1. The molecule has 11 heteroatoms. The topological polar surface area (TPSA) is 166 Å². The summed E-state index contributed by atoms with van der Waals surface area (Å²) in [5.74, 6) is -2.70. The molecule has 2 rings (SSSR count). The van der Waals surface area contributed by atoms with Crippen molar-refractivity contribution >= 4 is 46.4 Å². The molecule has 4 atom stereocenters. The van der Waals surface area contributed by atoms with E-state index in [1.165, 1.54) is 0 Å². The van der Waals surface area contributed by atoms with Crippen LogP contribution in [0.1, 0.15) is 39.7 Å². The number of hydrogen-bond acceptors (Lipinski definition) is 6. The molecule has 0 aliphatic carbocycles. The van der Waals surface area contributed by atoms with Crippen molar-refractivity contribution in [2.75, 3.05) is 12.0 Å². The molecular weight excluding hydrogens is 494 g/mol. The lowest BCUT2D eigenvalue weighted by molar-refractivity contribution is -0.143. The van der Waals surface area contributed by atoms with Crippen molar-refractivity contribution in [3.05, 3.63) is 36.0 Å². The van der Waals surface area contributed by atoms with Gasteiger partial charge in [-0.25, -0.2) is 4.79 Å². The molecule has 3 amide bonds. The van der Waals surface area contributed by atoms with Gasteiger partial charge < -0.3 is 31.8 Å². The van der Waals surface area contributed by atoms with Gasteiger partial charge in [-0.2, -0.15) is 11.8 Å². The molecule has 37 heavy (non-hydrogen) atoms. The zero-order chi connectivity index (χ0) is 27.7. The number of carboxylic acid groups (broad SMARTS) is 1. The van der Waals surface area contributed by atoms with Gasteiger partial charge in [0.1, 0.15) is 18.1 Å². The van der Waals surface area contributed by atoms with Gasteiger partial charge in [0.2, 0.25) is 17.7 Å². The second-order valence-corrected chi connectivity index (χ2v) is 10.8. The number of carbonyl (C=O) groups is 4. The zero-order valence-corrected chi connectivity index (χ0v) is 22.9. The normalized spacial score (nSPS) is 14.7. The first-order valence-electron chi connectivity index (χ1n) is 12.4. The maximum atomic E-state index is 13.3. The molecule has 0 spiro atoms. The van der Waals surface area contributed by atoms with E-state index in [1.807, 2.05) is 30.5 Å². The number of nitrogens with one attached hydrogen (secondary N) is 4. The van der Waals surface area contributed by atoms with Crippen molar-refractivity contribution in [3.8, 4) is 0 Å². The molecule has 0 aliphatic rings. The molecule has 7 N–H and O–H groups in total. The Balaban J connectivity index is 2.29. The van der Waals surface area contributed by atoms with Gasteiger partial charge in [-0.15, -0.1) is 0 Å². The van der Waals surface area contributed by atoms with Crippen molar-refractivity contribution in [1.82, 2.24) is 20.9 Å². The second-order valence-electron chi connectivity index (χ2n) is 9.81. The fraction of sp³-hybridized carbons (Fsp3) is 0.538. The minimum absolute atomic E-state index is 0.123. The number of fused-ring (bicyclic) bond motifs is 1. The molecule has 0 radical (unpaired) electrons. The lowest BCUT2D eigenvalue weighted by Gasteiger charge is -2.27. The van der Waals surface area contributed by atoms with Crippen LogP contribution in [-0.4, -0.2) is 70.0 Å². The highest BCUT2D eigenvalue weighted by Gasteiger charge is 2.33. The fourth-order valence-electron chi connectivity index (χ4n) is 3.93. The Hall–Kier alpha value is -3.05. The maximum Gasteiger partial charge on any atom is 0.326 e. The number of aliphatic carboxylic acids is 1. The van der Waals surface area contributed by atoms with Crippen LogP contribution in [0, 0.1) is 11.8 Å². The van der Waals surface area contributed by atoms with Crippen molar-refractivity contribution in [2.24, 2.45) is 17.6 Å². The van der Waals surface area contributed by atoms with Crippen LogP contribution in [0.5, 0.6) is 0 Å². The number of nitrogens with two attached hydrogens (primary N) is 1. The highest BCUT2D eigenvalue weighted by Crippen LogP contribution is 2.19. The number of carboxylic acids is 1. The third-order valence-electron chi connectivity index (χ3n) is 6.18. The Kier molecular flexibility index (Phi) is 11.4. The van der Waals surface area contributed by atoms with Crippen LogP contribution in [0.4, 0.5) is 0 Å². The first kappa shape index (κ1) is 30.2. The van der Waals surface area contributed by atoms with Crippen molar-refractivity contribution in [1.29, 1.82) is 0 Å². The smallest absolute Gasteiger partial charge is 0.326 e. The van der Waals surface area contributed by atoms with E-state index in [4.69, 9.17) is 5.73 Å². The van der Waals surface area contributed by atoms with Crippen molar-refractivity contribution < 1.29 is 24.3 Å². The SMILES string of the molecule is CSCCC(N)C(=O)NC(C(=O)NC(Cc1c[nH]c2ccccc12)C(=O)NC(C(=O)O)C(C)C)C(C)C. The van der Waals surface area contributed by atoms with Crippen LogP contribution in [-0.2, 0) is 25.6 Å². The van der Waals surface area contributed by atoms with E-state index >= 15 is 0 Å². The van der Waals surface area contributed by atoms with Crippen LogP contribution in [0.15, 0.2) is 30.5 Å². The molecule has 0 fully saturated rings. The van der Waals surface area contributed by atoms with E-state index in [1.54, 1.807) is 45.7 Å². The van der Waals surface area contributed by atoms with Crippen LogP contribution in [0.3, 0.4) is 0 Å². The van der Waals surface area contributed by atoms with Crippen LogP contribution in [0.2, 0.25) is 0 Å². The molecule has 0 saturated heterocycles. The molecule has 0 aliphatic heterocycles. The van der Waals surface area contributed by atoms with Crippen LogP contribution < -0.4 is 21.7 Å². The largest absolute Gasteiger partial charge is 0.480 e. The lowest BCUT2D eigenvalue weighted by Crippen LogP contribution is -2.59. The lowest BCUT2D eigenvalue weighted by atomic mass is 9.99. The van der Waals surface area contributed by atoms with E-state index in [0.717, 1.165) is 16.5 Å². The summed E-state index contributed by atoms with van der Waals surface area (Å²) in [6.07, 6.45) is 4.28. The summed E-state index contributed by atoms with van der Waals surface area (Å²) in [5, 5.41) is 18.5. The molecule has 0 saturated carbocycles. The molecule has 10 nitrogen and oxygen atoms in total. The van der Waals surface area contributed by atoms with E-state index in [0.29, 0.717) is 12.2 Å². The average Bonchev–Trinajstić information content (AvgIpc) is 3.25. The number of aromatic amines is 1. The number of rotatable bonds is 14. The number of hydrogen-bond donors (Lipinski definition) is 6. The van der Waals surface area contributed by atoms with E-state index < -0.39 is 47.9 Å². The van der Waals surface area contributed by atoms with Gasteiger partial charge in [-0.05, 0) is 41.9 Å². The summed E-state index contributed by atoms with van der Waals surface area (Å²) in [4.78, 5) is 54.1. The maximum absolute atomic E-state index is 13.3. The van der Waals surface area contributed by atoms with Gasteiger partial charge in [0.05, 0.1) is 6.04 Å². The number of para-hydroxylation sites is 1. The predicted octanol–water partition coefficient (Wildman–Crippen LogP) is 1.64. The molecule has 2 aromatic rings. The summed E-state index contributed by atoms with van der Waals surface area (Å²) in [5.41, 5.74) is 7.64. The summed E-state index contributed by atoms with van der Waals surface area (Å²) in [6, 6.07) is 3.68. The third-order valence-corrected chi connectivity index (χ3v) is 6.82. The Morgan fingerprint density at radius 1 is 0.946 bits per heavy atom. The number of aromatic nitrogens is 1. The highest BCUT2D eigenvalue weighted by molar-refractivity contribution is 7.98. The molecule has 1 aromatic carbocycles. The number of amides is 3. The van der Waals surface area contributed by atoms with E-state index in [9.17, 15) is 24.3 Å². The van der Waals surface area contributed by atoms with Gasteiger partial charge >= 0.3 is 5.97 Å². The first-order chi connectivity index (χ1) is 17.5. The van der Waals surface area contributed by atoms with Gasteiger partial charge in [0.25, 0.3) is 0 Å². The van der Waals surface area contributed by atoms with Gasteiger partial charge in [-0.1, -0.05) is 45.9 Å². The van der Waals surface area contributed by atoms with Crippen LogP contribution in [0.25, 0.3) is 10.9 Å². The standard InChI is InChI=1S/C26H39N5O5S/c1-14(2)21(30-23(32)18(27)10-11-37-5)25(34)29-20(24(33)31-22(15(3)4)26(35)36)12-16-13-28-19-9-7-6-8-17(16)19/h6-9,13-15,18,20-22,28H,10-12,27H2,1-5H3,(H,29,34)(H,30,32)(H,31,33)(H,35,36). The van der Waals surface area contributed by atoms with Crippen molar-refractivity contribution in [2.45, 2.75) is 64.7 Å². The summed E-state index contributed by atoms with van der Waals surface area (Å²) >= 11 is 1.57. The first-order valence-corrected chi connectivity index (χ1v) is 13.8. The molecule has 4 unspecified atom stereocenters. The second kappa shape index (κ2) is 14.0. The zero-order valence-electron chi connectivity index (χ0n) is 22.0. The predicted molar refractivity (Wildman–Crippen MR) is 146 cm³/mol. The van der Waals surface area contributed by atoms with E-state index in [-0.39, 0.29) is 18.3 Å². The monoisotopic (exact) mass is 533 g/mol.